The SMILES string of the molecule is CC1(C)c2ccccc2-c2cc3ccc(-c4nc(-c5ccccc5)c5c(ccc6ccccc65)n4)cc3cc21. The minimum absolute atomic E-state index is 0.0306. The molecule has 0 N–H and O–H groups in total. The van der Waals surface area contributed by atoms with Crippen LogP contribution in [0.25, 0.3) is 66.2 Å². The van der Waals surface area contributed by atoms with Gasteiger partial charge in [-0.05, 0) is 68.1 Å². The van der Waals surface area contributed by atoms with Crippen LogP contribution in [0.4, 0.5) is 0 Å². The second kappa shape index (κ2) is 8.09. The highest BCUT2D eigenvalue weighted by Gasteiger charge is 2.35. The van der Waals surface area contributed by atoms with Gasteiger partial charge in [-0.2, -0.15) is 0 Å². The number of benzene rings is 6. The maximum Gasteiger partial charge on any atom is 0.160 e. The molecule has 0 bridgehead atoms. The Morgan fingerprint density at radius 2 is 1.28 bits per heavy atom. The Morgan fingerprint density at radius 1 is 0.513 bits per heavy atom. The van der Waals surface area contributed by atoms with Crippen LogP contribution >= 0.6 is 0 Å². The fourth-order valence-electron chi connectivity index (χ4n) is 6.42. The predicted molar refractivity (Wildman–Crippen MR) is 163 cm³/mol. The monoisotopic (exact) mass is 498 g/mol. The molecule has 1 aliphatic carbocycles. The van der Waals surface area contributed by atoms with Crippen LogP contribution < -0.4 is 0 Å². The van der Waals surface area contributed by atoms with Gasteiger partial charge in [-0.3, -0.25) is 0 Å². The Hall–Kier alpha value is -4.82. The molecule has 8 rings (SSSR count). The summed E-state index contributed by atoms with van der Waals surface area (Å²) < 4.78 is 0. The standard InChI is InChI=1S/C37H26N2/c1-37(2)31-15-9-8-14-29(31)30-21-25-16-17-26(20-27(25)22-32(30)37)36-38-33-19-18-23-10-6-7-13-28(23)34(33)35(39-36)24-11-4-3-5-12-24/h3-22H,1-2H3. The fraction of sp³-hybridized carbons (Fsp3) is 0.0811. The maximum absolute atomic E-state index is 5.22. The van der Waals surface area contributed by atoms with E-state index in [0.717, 1.165) is 33.5 Å². The number of rotatable bonds is 2. The Balaban J connectivity index is 1.36. The molecule has 7 aromatic rings. The highest BCUT2D eigenvalue weighted by molar-refractivity contribution is 6.12. The van der Waals surface area contributed by atoms with Crippen LogP contribution in [0.3, 0.4) is 0 Å². The van der Waals surface area contributed by atoms with Crippen LogP contribution in [-0.2, 0) is 5.41 Å². The molecule has 0 aliphatic heterocycles. The molecule has 6 aromatic carbocycles. The van der Waals surface area contributed by atoms with Crippen LogP contribution in [-0.4, -0.2) is 9.97 Å². The van der Waals surface area contributed by atoms with Crippen LogP contribution in [0, 0.1) is 0 Å². The number of hydrogen-bond donors (Lipinski definition) is 0. The first-order chi connectivity index (χ1) is 19.1. The van der Waals surface area contributed by atoms with E-state index in [1.54, 1.807) is 0 Å². The molecule has 1 aliphatic rings. The molecule has 39 heavy (non-hydrogen) atoms. The van der Waals surface area contributed by atoms with E-state index in [0.29, 0.717) is 0 Å². The quantitative estimate of drug-likeness (QED) is 0.222. The van der Waals surface area contributed by atoms with Gasteiger partial charge in [0.1, 0.15) is 0 Å². The van der Waals surface area contributed by atoms with Crippen molar-refractivity contribution in [2.75, 3.05) is 0 Å². The van der Waals surface area contributed by atoms with Gasteiger partial charge in [-0.15, -0.1) is 0 Å². The zero-order valence-corrected chi connectivity index (χ0v) is 21.9. The molecule has 0 amide bonds. The normalized spacial score (nSPS) is 13.6. The van der Waals surface area contributed by atoms with Gasteiger partial charge in [0.05, 0.1) is 11.2 Å². The van der Waals surface area contributed by atoms with Gasteiger partial charge in [0.2, 0.25) is 0 Å². The first-order valence-electron chi connectivity index (χ1n) is 13.5. The van der Waals surface area contributed by atoms with E-state index < -0.39 is 0 Å². The summed E-state index contributed by atoms with van der Waals surface area (Å²) in [6.07, 6.45) is 0. The van der Waals surface area contributed by atoms with Gasteiger partial charge in [0, 0.05) is 21.9 Å². The van der Waals surface area contributed by atoms with Crippen molar-refractivity contribution in [3.63, 3.8) is 0 Å². The minimum atomic E-state index is -0.0306. The number of fused-ring (bicyclic) bond motifs is 7. The molecule has 0 radical (unpaired) electrons. The fourth-order valence-corrected chi connectivity index (χ4v) is 6.42. The molecule has 0 saturated carbocycles. The summed E-state index contributed by atoms with van der Waals surface area (Å²) in [5.41, 5.74) is 9.50. The van der Waals surface area contributed by atoms with Gasteiger partial charge < -0.3 is 0 Å². The van der Waals surface area contributed by atoms with Crippen molar-refractivity contribution in [1.82, 2.24) is 9.97 Å². The third-order valence-corrected chi connectivity index (χ3v) is 8.43. The molecule has 0 unspecified atom stereocenters. The zero-order chi connectivity index (χ0) is 26.1. The van der Waals surface area contributed by atoms with Gasteiger partial charge in [0.25, 0.3) is 0 Å². The zero-order valence-electron chi connectivity index (χ0n) is 21.9. The summed E-state index contributed by atoms with van der Waals surface area (Å²) >= 11 is 0. The molecule has 2 heteroatoms. The van der Waals surface area contributed by atoms with Crippen LogP contribution in [0.5, 0.6) is 0 Å². The van der Waals surface area contributed by atoms with Gasteiger partial charge in [0.15, 0.2) is 5.82 Å². The molecule has 184 valence electrons. The van der Waals surface area contributed by atoms with Crippen molar-refractivity contribution in [3.05, 3.63) is 132 Å². The Bertz CT molecular complexity index is 2090. The third-order valence-electron chi connectivity index (χ3n) is 8.43. The summed E-state index contributed by atoms with van der Waals surface area (Å²) in [5, 5.41) is 5.93. The first-order valence-corrected chi connectivity index (χ1v) is 13.5. The second-order valence-corrected chi connectivity index (χ2v) is 11.1. The van der Waals surface area contributed by atoms with Crippen molar-refractivity contribution in [2.24, 2.45) is 0 Å². The molecule has 2 nitrogen and oxygen atoms in total. The summed E-state index contributed by atoms with van der Waals surface area (Å²) in [6, 6.07) is 43.4. The van der Waals surface area contributed by atoms with Crippen molar-refractivity contribution >= 4 is 32.4 Å². The molecular formula is C37H26N2. The largest absolute Gasteiger partial charge is 0.228 e. The van der Waals surface area contributed by atoms with Crippen LogP contribution in [0.2, 0.25) is 0 Å². The highest BCUT2D eigenvalue weighted by Crippen LogP contribution is 2.49. The van der Waals surface area contributed by atoms with Crippen molar-refractivity contribution in [2.45, 2.75) is 19.3 Å². The average molecular weight is 499 g/mol. The average Bonchev–Trinajstić information content (AvgIpc) is 3.21. The second-order valence-electron chi connectivity index (χ2n) is 11.1. The van der Waals surface area contributed by atoms with E-state index in [4.69, 9.17) is 9.97 Å². The molecule has 1 heterocycles. The summed E-state index contributed by atoms with van der Waals surface area (Å²) in [4.78, 5) is 10.3. The number of hydrogen-bond acceptors (Lipinski definition) is 2. The topological polar surface area (TPSA) is 25.8 Å². The summed E-state index contributed by atoms with van der Waals surface area (Å²) in [5.74, 6) is 0.751. The molecule has 1 aromatic heterocycles. The number of aromatic nitrogens is 2. The van der Waals surface area contributed by atoms with E-state index in [1.807, 2.05) is 6.07 Å². The van der Waals surface area contributed by atoms with Crippen molar-refractivity contribution < 1.29 is 0 Å². The Labute approximate surface area is 227 Å². The van der Waals surface area contributed by atoms with Crippen molar-refractivity contribution in [3.8, 4) is 33.8 Å². The van der Waals surface area contributed by atoms with Crippen LogP contribution in [0.1, 0.15) is 25.0 Å². The van der Waals surface area contributed by atoms with E-state index in [9.17, 15) is 0 Å². The smallest absolute Gasteiger partial charge is 0.160 e. The lowest BCUT2D eigenvalue weighted by molar-refractivity contribution is 0.661. The Kier molecular flexibility index (Phi) is 4.60. The van der Waals surface area contributed by atoms with E-state index in [2.05, 4.69) is 129 Å². The van der Waals surface area contributed by atoms with Gasteiger partial charge in [-0.1, -0.05) is 111 Å². The molecular weight excluding hydrogens is 472 g/mol. The molecule has 0 saturated heterocycles. The van der Waals surface area contributed by atoms with Gasteiger partial charge >= 0.3 is 0 Å². The predicted octanol–water partition coefficient (Wildman–Crippen LogP) is 9.58. The lowest BCUT2D eigenvalue weighted by Gasteiger charge is -2.21. The lowest BCUT2D eigenvalue weighted by atomic mass is 9.82. The Morgan fingerprint density at radius 3 is 2.18 bits per heavy atom. The maximum atomic E-state index is 5.22. The third kappa shape index (κ3) is 3.28. The first kappa shape index (κ1) is 22.2. The molecule has 0 spiro atoms. The number of nitrogens with zero attached hydrogens (tertiary/aromatic N) is 2. The minimum Gasteiger partial charge on any atom is -0.228 e. The molecule has 0 fully saturated rings. The van der Waals surface area contributed by atoms with Gasteiger partial charge in [-0.25, -0.2) is 9.97 Å². The molecule has 0 atom stereocenters. The van der Waals surface area contributed by atoms with E-state index >= 15 is 0 Å². The summed E-state index contributed by atoms with van der Waals surface area (Å²) in [7, 11) is 0. The van der Waals surface area contributed by atoms with E-state index in [1.165, 1.54) is 43.8 Å². The lowest BCUT2D eigenvalue weighted by Crippen LogP contribution is -2.14. The highest BCUT2D eigenvalue weighted by atomic mass is 14.9. The van der Waals surface area contributed by atoms with Crippen LogP contribution in [0.15, 0.2) is 121 Å². The van der Waals surface area contributed by atoms with E-state index in [-0.39, 0.29) is 5.41 Å². The summed E-state index contributed by atoms with van der Waals surface area (Å²) in [6.45, 7) is 4.66. The van der Waals surface area contributed by atoms with Crippen molar-refractivity contribution in [1.29, 1.82) is 0 Å².